The van der Waals surface area contributed by atoms with E-state index >= 15 is 0 Å². The van der Waals surface area contributed by atoms with Crippen molar-refractivity contribution >= 4 is 23.6 Å². The smallest absolute Gasteiger partial charge is 0.242 e. The van der Waals surface area contributed by atoms with Crippen LogP contribution in [0.4, 0.5) is 4.39 Å². The monoisotopic (exact) mass is 429 g/mol. The number of carbonyl (C=O) groups excluding carboxylic acids is 4. The molecule has 0 saturated carbocycles. The van der Waals surface area contributed by atoms with Crippen LogP contribution in [-0.4, -0.2) is 53.1 Å². The molecule has 1 heterocycles. The Morgan fingerprint density at radius 3 is 2.23 bits per heavy atom. The number of benzene rings is 1. The number of imide groups is 1. The first kappa shape index (κ1) is 22.7. The molecule has 0 bridgehead atoms. The highest BCUT2D eigenvalue weighted by Crippen LogP contribution is 2.35. The minimum Gasteiger partial charge on any atom is -0.357 e. The van der Waals surface area contributed by atoms with Gasteiger partial charge in [0.15, 0.2) is 0 Å². The van der Waals surface area contributed by atoms with E-state index in [2.05, 4.69) is 5.32 Å². The van der Waals surface area contributed by atoms with Crippen LogP contribution in [0.2, 0.25) is 0 Å². The van der Waals surface area contributed by atoms with Gasteiger partial charge in [-0.2, -0.15) is 0 Å². The van der Waals surface area contributed by atoms with Gasteiger partial charge in [0.05, 0.1) is 11.8 Å². The number of fused-ring (bicyclic) bond motifs is 1. The number of hydrogen-bond donors (Lipinski definition) is 1. The van der Waals surface area contributed by atoms with Crippen LogP contribution in [0, 0.1) is 17.7 Å². The lowest BCUT2D eigenvalue weighted by molar-refractivity contribution is -0.144. The lowest BCUT2D eigenvalue weighted by Crippen LogP contribution is -2.49. The Morgan fingerprint density at radius 1 is 1.13 bits per heavy atom. The Kier molecular flexibility index (Phi) is 7.20. The lowest BCUT2D eigenvalue weighted by Gasteiger charge is -2.30. The van der Waals surface area contributed by atoms with Gasteiger partial charge >= 0.3 is 0 Å². The normalized spacial score (nSPS) is 21.1. The number of nitrogens with one attached hydrogen (secondary N) is 1. The second-order valence-electron chi connectivity index (χ2n) is 7.92. The van der Waals surface area contributed by atoms with E-state index in [1.165, 1.54) is 29.0 Å². The van der Waals surface area contributed by atoms with Crippen LogP contribution in [0.5, 0.6) is 0 Å². The summed E-state index contributed by atoms with van der Waals surface area (Å²) in [4.78, 5) is 53.4. The summed E-state index contributed by atoms with van der Waals surface area (Å²) >= 11 is 0. The molecule has 1 aliphatic carbocycles. The van der Waals surface area contributed by atoms with Crippen molar-refractivity contribution in [1.29, 1.82) is 0 Å². The molecule has 1 aromatic carbocycles. The molecule has 0 unspecified atom stereocenters. The van der Waals surface area contributed by atoms with Gasteiger partial charge in [-0.15, -0.1) is 0 Å². The second-order valence-corrected chi connectivity index (χ2v) is 7.92. The van der Waals surface area contributed by atoms with E-state index in [0.29, 0.717) is 24.8 Å². The zero-order valence-electron chi connectivity index (χ0n) is 17.8. The Bertz CT molecular complexity index is 857. The summed E-state index contributed by atoms with van der Waals surface area (Å²) in [5.74, 6) is -2.15. The molecule has 1 aliphatic heterocycles. The van der Waals surface area contributed by atoms with Crippen LogP contribution >= 0.6 is 0 Å². The number of hydrogen-bond acceptors (Lipinski definition) is 4. The molecule has 1 fully saturated rings. The summed E-state index contributed by atoms with van der Waals surface area (Å²) in [6.45, 7) is 1.92. The standard InChI is InChI=1S/C23H28FN3O4/c1-3-19(21(29)25-2)27(14-15-8-10-16(24)11-9-15)20(28)12-13-26-22(30)17-6-4-5-7-18(17)23(26)31/h4-5,8-11,17-19H,3,6-7,12-14H2,1-2H3,(H,25,29)/t17-,18+,19-/m1/s1. The Labute approximate surface area is 181 Å². The third-order valence-electron chi connectivity index (χ3n) is 6.05. The minimum atomic E-state index is -0.709. The first-order chi connectivity index (χ1) is 14.9. The molecule has 7 nitrogen and oxygen atoms in total. The van der Waals surface area contributed by atoms with Gasteiger partial charge in [0.2, 0.25) is 23.6 Å². The van der Waals surface area contributed by atoms with Crippen LogP contribution in [0.25, 0.3) is 0 Å². The molecule has 1 aromatic rings. The van der Waals surface area contributed by atoms with Crippen molar-refractivity contribution in [2.75, 3.05) is 13.6 Å². The molecule has 2 aliphatic rings. The van der Waals surface area contributed by atoms with Crippen molar-refractivity contribution in [2.24, 2.45) is 11.8 Å². The maximum absolute atomic E-state index is 13.3. The number of amides is 4. The van der Waals surface area contributed by atoms with Crippen molar-refractivity contribution in [2.45, 2.75) is 45.2 Å². The third kappa shape index (κ3) is 4.84. The minimum absolute atomic E-state index is 0.00635. The van der Waals surface area contributed by atoms with Crippen LogP contribution in [0.3, 0.4) is 0 Å². The fraction of sp³-hybridized carbons (Fsp3) is 0.478. The van der Waals surface area contributed by atoms with Crippen LogP contribution in [0.1, 0.15) is 38.2 Å². The summed E-state index contributed by atoms with van der Waals surface area (Å²) in [6, 6.07) is 5.03. The van der Waals surface area contributed by atoms with Gasteiger partial charge in [-0.1, -0.05) is 31.2 Å². The molecule has 0 aromatic heterocycles. The fourth-order valence-corrected chi connectivity index (χ4v) is 4.31. The van der Waals surface area contributed by atoms with Crippen LogP contribution in [-0.2, 0) is 25.7 Å². The second kappa shape index (κ2) is 9.85. The van der Waals surface area contributed by atoms with Crippen molar-refractivity contribution in [3.8, 4) is 0 Å². The van der Waals surface area contributed by atoms with Gasteiger partial charge in [0.1, 0.15) is 11.9 Å². The fourth-order valence-electron chi connectivity index (χ4n) is 4.31. The highest BCUT2D eigenvalue weighted by atomic mass is 19.1. The molecule has 1 saturated heterocycles. The van der Waals surface area contributed by atoms with Crippen LogP contribution in [0.15, 0.2) is 36.4 Å². The molecule has 8 heteroatoms. The summed E-state index contributed by atoms with van der Waals surface area (Å²) in [5, 5.41) is 2.57. The van der Waals surface area contributed by atoms with Gasteiger partial charge in [-0.3, -0.25) is 24.1 Å². The molecule has 0 radical (unpaired) electrons. The summed E-state index contributed by atoms with van der Waals surface area (Å²) in [7, 11) is 1.50. The highest BCUT2D eigenvalue weighted by molar-refractivity contribution is 6.05. The maximum Gasteiger partial charge on any atom is 0.242 e. The first-order valence-electron chi connectivity index (χ1n) is 10.6. The van der Waals surface area contributed by atoms with E-state index < -0.39 is 6.04 Å². The Balaban J connectivity index is 1.73. The van der Waals surface area contributed by atoms with E-state index in [4.69, 9.17) is 0 Å². The predicted molar refractivity (Wildman–Crippen MR) is 112 cm³/mol. The van der Waals surface area contributed by atoms with Gasteiger partial charge in [-0.25, -0.2) is 4.39 Å². The van der Waals surface area contributed by atoms with E-state index in [-0.39, 0.29) is 60.8 Å². The van der Waals surface area contributed by atoms with Crippen LogP contribution < -0.4 is 5.32 Å². The molecular formula is C23H28FN3O4. The topological polar surface area (TPSA) is 86.8 Å². The highest BCUT2D eigenvalue weighted by Gasteiger charge is 2.47. The molecule has 3 atom stereocenters. The lowest BCUT2D eigenvalue weighted by atomic mass is 9.85. The van der Waals surface area contributed by atoms with Gasteiger partial charge in [-0.05, 0) is 37.0 Å². The average Bonchev–Trinajstić information content (AvgIpc) is 3.03. The molecular weight excluding hydrogens is 401 g/mol. The molecule has 166 valence electrons. The average molecular weight is 429 g/mol. The summed E-state index contributed by atoms with van der Waals surface area (Å²) < 4.78 is 13.3. The first-order valence-corrected chi connectivity index (χ1v) is 10.6. The van der Waals surface area contributed by atoms with Crippen molar-refractivity contribution < 1.29 is 23.6 Å². The third-order valence-corrected chi connectivity index (χ3v) is 6.05. The van der Waals surface area contributed by atoms with E-state index in [0.717, 1.165) is 0 Å². The Morgan fingerprint density at radius 2 is 1.71 bits per heavy atom. The zero-order chi connectivity index (χ0) is 22.5. The van der Waals surface area contributed by atoms with E-state index in [9.17, 15) is 23.6 Å². The molecule has 1 N–H and O–H groups in total. The number of likely N-dealkylation sites (N-methyl/N-ethyl adjacent to an activating group) is 1. The number of halogens is 1. The zero-order valence-corrected chi connectivity index (χ0v) is 17.8. The quantitative estimate of drug-likeness (QED) is 0.506. The van der Waals surface area contributed by atoms with Crippen molar-refractivity contribution in [3.63, 3.8) is 0 Å². The predicted octanol–water partition coefficient (Wildman–Crippen LogP) is 2.02. The molecule has 31 heavy (non-hydrogen) atoms. The van der Waals surface area contributed by atoms with Crippen molar-refractivity contribution in [3.05, 3.63) is 47.8 Å². The van der Waals surface area contributed by atoms with Gasteiger partial charge in [0.25, 0.3) is 0 Å². The number of nitrogens with zero attached hydrogens (tertiary/aromatic N) is 2. The summed E-state index contributed by atoms with van der Waals surface area (Å²) in [6.07, 6.45) is 5.25. The summed E-state index contributed by atoms with van der Waals surface area (Å²) in [5.41, 5.74) is 0.683. The SMILES string of the molecule is CC[C@H](C(=O)NC)N(Cc1ccc(F)cc1)C(=O)CCN1C(=O)[C@H]2CC=CC[C@H]2C1=O. The van der Waals surface area contributed by atoms with E-state index in [1.54, 1.807) is 19.1 Å². The van der Waals surface area contributed by atoms with Gasteiger partial charge < -0.3 is 10.2 Å². The van der Waals surface area contributed by atoms with Gasteiger partial charge in [0, 0.05) is 26.6 Å². The maximum atomic E-state index is 13.3. The Hall–Kier alpha value is -3.03. The van der Waals surface area contributed by atoms with Crippen molar-refractivity contribution in [1.82, 2.24) is 15.1 Å². The number of rotatable bonds is 8. The molecule has 3 rings (SSSR count). The largest absolute Gasteiger partial charge is 0.357 e. The number of carbonyl (C=O) groups is 4. The molecule has 4 amide bonds. The number of likely N-dealkylation sites (tertiary alicyclic amines) is 1. The van der Waals surface area contributed by atoms with E-state index in [1.807, 2.05) is 12.2 Å². The number of allylic oxidation sites excluding steroid dienone is 2. The molecule has 0 spiro atoms.